The number of aliphatic carboxylic acids is 1. The van der Waals surface area contributed by atoms with Gasteiger partial charge in [0.2, 0.25) is 0 Å². The van der Waals surface area contributed by atoms with Gasteiger partial charge in [-0.15, -0.1) is 0 Å². The predicted molar refractivity (Wildman–Crippen MR) is 62.7 cm³/mol. The highest BCUT2D eigenvalue weighted by molar-refractivity contribution is 5.72. The summed E-state index contributed by atoms with van der Waals surface area (Å²) in [4.78, 5) is 10.6. The summed E-state index contributed by atoms with van der Waals surface area (Å²) in [5.74, 6) is -1.17. The lowest BCUT2D eigenvalue weighted by Crippen LogP contribution is -2.23. The smallest absolute Gasteiger partial charge is 0.332 e. The zero-order valence-electron chi connectivity index (χ0n) is 10.2. The van der Waals surface area contributed by atoms with E-state index < -0.39 is 12.1 Å². The molecular weight excluding hydrogens is 204 g/mol. The lowest BCUT2D eigenvalue weighted by atomic mass is 9.91. The van der Waals surface area contributed by atoms with Crippen LogP contribution < -0.4 is 0 Å². The van der Waals surface area contributed by atoms with Crippen molar-refractivity contribution in [1.29, 1.82) is 0 Å². The Balaban J connectivity index is 3.17. The summed E-state index contributed by atoms with van der Waals surface area (Å²) in [6.07, 6.45) is -1.14. The van der Waals surface area contributed by atoms with Crippen LogP contribution in [0.4, 0.5) is 0 Å². The topological polar surface area (TPSA) is 57.5 Å². The third-order valence-corrected chi connectivity index (χ3v) is 3.20. The standard InChI is InChI=1S/C13H18O3/c1-7-5-8(2)10(4)11(9(7)3)6-12(14)13(15)16/h5,12,14H,6H2,1-4H3,(H,15,16). The zero-order valence-corrected chi connectivity index (χ0v) is 10.2. The van der Waals surface area contributed by atoms with E-state index in [4.69, 9.17) is 5.11 Å². The van der Waals surface area contributed by atoms with Crippen molar-refractivity contribution in [3.63, 3.8) is 0 Å². The van der Waals surface area contributed by atoms with Gasteiger partial charge < -0.3 is 10.2 Å². The number of aryl methyl sites for hydroxylation is 2. The monoisotopic (exact) mass is 222 g/mol. The number of carboxylic acids is 1. The van der Waals surface area contributed by atoms with Gasteiger partial charge in [-0.3, -0.25) is 0 Å². The van der Waals surface area contributed by atoms with Crippen LogP contribution in [-0.4, -0.2) is 22.3 Å². The second-order valence-corrected chi connectivity index (χ2v) is 4.30. The highest BCUT2D eigenvalue weighted by Gasteiger charge is 2.17. The maximum absolute atomic E-state index is 10.6. The van der Waals surface area contributed by atoms with Crippen LogP contribution in [0.15, 0.2) is 6.07 Å². The molecule has 0 fully saturated rings. The highest BCUT2D eigenvalue weighted by atomic mass is 16.4. The lowest BCUT2D eigenvalue weighted by molar-refractivity contribution is -0.146. The minimum Gasteiger partial charge on any atom is -0.479 e. The summed E-state index contributed by atoms with van der Waals surface area (Å²) >= 11 is 0. The van der Waals surface area contributed by atoms with Gasteiger partial charge in [0.25, 0.3) is 0 Å². The molecule has 0 aliphatic carbocycles. The average Bonchev–Trinajstić information content (AvgIpc) is 2.21. The first-order valence-electron chi connectivity index (χ1n) is 5.31. The van der Waals surface area contributed by atoms with Gasteiger partial charge >= 0.3 is 5.97 Å². The summed E-state index contributed by atoms with van der Waals surface area (Å²) in [6, 6.07) is 2.08. The molecule has 0 aromatic heterocycles. The molecule has 88 valence electrons. The first-order chi connectivity index (χ1) is 7.34. The third kappa shape index (κ3) is 2.42. The minimum absolute atomic E-state index is 0.176. The average molecular weight is 222 g/mol. The van der Waals surface area contributed by atoms with Crippen molar-refractivity contribution >= 4 is 5.97 Å². The van der Waals surface area contributed by atoms with Crippen molar-refractivity contribution in [3.05, 3.63) is 33.9 Å². The van der Waals surface area contributed by atoms with Crippen LogP contribution in [0.1, 0.15) is 27.8 Å². The van der Waals surface area contributed by atoms with Gasteiger partial charge in [-0.05, 0) is 55.5 Å². The molecule has 0 aliphatic heterocycles. The van der Waals surface area contributed by atoms with Crippen LogP contribution in [0.25, 0.3) is 0 Å². The van der Waals surface area contributed by atoms with E-state index in [1.807, 2.05) is 27.7 Å². The van der Waals surface area contributed by atoms with E-state index in [0.717, 1.165) is 27.8 Å². The fraction of sp³-hybridized carbons (Fsp3) is 0.462. The SMILES string of the molecule is Cc1cc(C)c(C)c(CC(O)C(=O)O)c1C. The molecule has 3 heteroatoms. The molecular formula is C13H18O3. The molecule has 1 aromatic carbocycles. The zero-order chi connectivity index (χ0) is 12.5. The summed E-state index contributed by atoms with van der Waals surface area (Å²) in [5.41, 5.74) is 5.37. The molecule has 16 heavy (non-hydrogen) atoms. The van der Waals surface area contributed by atoms with Crippen LogP contribution in [0.3, 0.4) is 0 Å². The van der Waals surface area contributed by atoms with Crippen molar-refractivity contribution in [3.8, 4) is 0 Å². The van der Waals surface area contributed by atoms with Crippen LogP contribution in [0.2, 0.25) is 0 Å². The maximum Gasteiger partial charge on any atom is 0.332 e. The summed E-state index contributed by atoms with van der Waals surface area (Å²) in [7, 11) is 0. The third-order valence-electron chi connectivity index (χ3n) is 3.20. The van der Waals surface area contributed by atoms with E-state index in [2.05, 4.69) is 6.07 Å². The van der Waals surface area contributed by atoms with Crippen molar-refractivity contribution in [2.45, 2.75) is 40.2 Å². The molecule has 0 amide bonds. The molecule has 0 bridgehead atoms. The van der Waals surface area contributed by atoms with E-state index >= 15 is 0 Å². The van der Waals surface area contributed by atoms with Gasteiger partial charge in [-0.2, -0.15) is 0 Å². The molecule has 1 aromatic rings. The Labute approximate surface area is 95.7 Å². The molecule has 3 nitrogen and oxygen atoms in total. The first-order valence-corrected chi connectivity index (χ1v) is 5.31. The lowest BCUT2D eigenvalue weighted by Gasteiger charge is -2.16. The Bertz CT molecular complexity index is 395. The second-order valence-electron chi connectivity index (χ2n) is 4.30. The van der Waals surface area contributed by atoms with Gasteiger partial charge in [0, 0.05) is 6.42 Å². The fourth-order valence-electron chi connectivity index (χ4n) is 1.89. The Hall–Kier alpha value is -1.35. The Morgan fingerprint density at radius 2 is 1.62 bits per heavy atom. The van der Waals surface area contributed by atoms with Gasteiger partial charge in [-0.1, -0.05) is 6.07 Å². The van der Waals surface area contributed by atoms with Crippen molar-refractivity contribution < 1.29 is 15.0 Å². The fourth-order valence-corrected chi connectivity index (χ4v) is 1.89. The molecule has 1 rings (SSSR count). The van der Waals surface area contributed by atoms with Crippen LogP contribution >= 0.6 is 0 Å². The van der Waals surface area contributed by atoms with Crippen molar-refractivity contribution in [2.24, 2.45) is 0 Å². The summed E-state index contributed by atoms with van der Waals surface area (Å²) in [5, 5.41) is 18.1. The Kier molecular flexibility index (Phi) is 3.70. The molecule has 0 radical (unpaired) electrons. The van der Waals surface area contributed by atoms with Crippen LogP contribution in [0, 0.1) is 27.7 Å². The van der Waals surface area contributed by atoms with Crippen molar-refractivity contribution in [1.82, 2.24) is 0 Å². The quantitative estimate of drug-likeness (QED) is 0.821. The molecule has 0 saturated heterocycles. The normalized spacial score (nSPS) is 12.6. The van der Waals surface area contributed by atoms with E-state index in [9.17, 15) is 9.90 Å². The molecule has 0 spiro atoms. The van der Waals surface area contributed by atoms with Crippen LogP contribution in [0.5, 0.6) is 0 Å². The molecule has 0 aliphatic rings. The van der Waals surface area contributed by atoms with Crippen molar-refractivity contribution in [2.75, 3.05) is 0 Å². The molecule has 0 saturated carbocycles. The minimum atomic E-state index is -1.32. The number of hydrogen-bond acceptors (Lipinski definition) is 2. The van der Waals surface area contributed by atoms with E-state index in [1.165, 1.54) is 0 Å². The maximum atomic E-state index is 10.6. The van der Waals surface area contributed by atoms with Crippen LogP contribution in [-0.2, 0) is 11.2 Å². The van der Waals surface area contributed by atoms with Gasteiger partial charge in [0.15, 0.2) is 6.10 Å². The molecule has 2 N–H and O–H groups in total. The largest absolute Gasteiger partial charge is 0.479 e. The van der Waals surface area contributed by atoms with E-state index in [1.54, 1.807) is 0 Å². The second kappa shape index (κ2) is 4.66. The van der Waals surface area contributed by atoms with Gasteiger partial charge in [-0.25, -0.2) is 4.79 Å². The predicted octanol–water partition coefficient (Wildman–Crippen LogP) is 1.91. The Morgan fingerprint density at radius 1 is 1.19 bits per heavy atom. The summed E-state index contributed by atoms with van der Waals surface area (Å²) in [6.45, 7) is 7.92. The number of carbonyl (C=O) groups is 1. The molecule has 1 unspecified atom stereocenters. The number of hydrogen-bond donors (Lipinski definition) is 2. The Morgan fingerprint density at radius 3 is 2.00 bits per heavy atom. The molecule has 0 heterocycles. The summed E-state index contributed by atoms with van der Waals surface area (Å²) < 4.78 is 0. The van der Waals surface area contributed by atoms with Gasteiger partial charge in [0.05, 0.1) is 0 Å². The number of aliphatic hydroxyl groups excluding tert-OH is 1. The van der Waals surface area contributed by atoms with E-state index in [-0.39, 0.29) is 6.42 Å². The van der Waals surface area contributed by atoms with E-state index in [0.29, 0.717) is 0 Å². The highest BCUT2D eigenvalue weighted by Crippen LogP contribution is 2.22. The van der Waals surface area contributed by atoms with Gasteiger partial charge in [0.1, 0.15) is 0 Å². The number of aliphatic hydroxyl groups is 1. The first kappa shape index (κ1) is 12.7. The number of rotatable bonds is 3. The number of benzene rings is 1. The number of carboxylic acid groups (broad SMARTS) is 1. The molecule has 1 atom stereocenters.